The smallest absolute Gasteiger partial charge is 0.220 e. The normalized spacial score (nSPS) is 14.9. The van der Waals surface area contributed by atoms with Gasteiger partial charge < -0.3 is 4.90 Å². The van der Waals surface area contributed by atoms with Crippen LogP contribution in [0.4, 0.5) is 0 Å². The van der Waals surface area contributed by atoms with Gasteiger partial charge in [-0.2, -0.15) is 0 Å². The highest BCUT2D eigenvalue weighted by molar-refractivity contribution is 5.73. The second-order valence-corrected chi connectivity index (χ2v) is 4.81. The average Bonchev–Trinajstić information content (AvgIpc) is 2.18. The summed E-state index contributed by atoms with van der Waals surface area (Å²) in [5, 5.41) is 3.55. The lowest BCUT2D eigenvalue weighted by Gasteiger charge is -2.34. The maximum atomic E-state index is 11.5. The average molecular weight is 228 g/mol. The second-order valence-electron chi connectivity index (χ2n) is 4.81. The Kier molecular flexibility index (Phi) is 7.39. The first-order chi connectivity index (χ1) is 7.43. The Labute approximate surface area is 101 Å². The molecule has 0 aliphatic rings. The van der Waals surface area contributed by atoms with Gasteiger partial charge >= 0.3 is 0 Å². The molecule has 2 atom stereocenters. The van der Waals surface area contributed by atoms with E-state index >= 15 is 0 Å². The summed E-state index contributed by atoms with van der Waals surface area (Å²) in [6, 6.07) is 0.435. The van der Waals surface area contributed by atoms with Crippen LogP contribution in [0.25, 0.3) is 0 Å². The van der Waals surface area contributed by atoms with Gasteiger partial charge in [-0.05, 0) is 26.2 Å². The van der Waals surface area contributed by atoms with Gasteiger partial charge in [-0.15, -0.1) is 0 Å². The van der Waals surface area contributed by atoms with Crippen LogP contribution in [0, 0.1) is 5.92 Å². The van der Waals surface area contributed by atoms with Crippen LogP contribution in [0.3, 0.4) is 0 Å². The molecule has 0 saturated carbocycles. The summed E-state index contributed by atoms with van der Waals surface area (Å²) in [6.45, 7) is 13.2. The molecule has 0 aromatic heterocycles. The van der Waals surface area contributed by atoms with Crippen molar-refractivity contribution in [3.05, 3.63) is 0 Å². The van der Waals surface area contributed by atoms with Crippen molar-refractivity contribution in [3.63, 3.8) is 0 Å². The van der Waals surface area contributed by atoms with Gasteiger partial charge in [-0.3, -0.25) is 10.1 Å². The third-order valence-corrected chi connectivity index (χ3v) is 3.14. The van der Waals surface area contributed by atoms with Gasteiger partial charge in [-0.1, -0.05) is 27.2 Å². The lowest BCUT2D eigenvalue weighted by molar-refractivity contribution is -0.132. The first-order valence-corrected chi connectivity index (χ1v) is 6.47. The number of hydrogen-bond donors (Lipinski definition) is 1. The molecule has 2 unspecified atom stereocenters. The molecule has 0 saturated heterocycles. The topological polar surface area (TPSA) is 32.3 Å². The van der Waals surface area contributed by atoms with E-state index in [0.29, 0.717) is 12.0 Å². The monoisotopic (exact) mass is 228 g/mol. The Morgan fingerprint density at radius 1 is 1.25 bits per heavy atom. The molecule has 0 bridgehead atoms. The van der Waals surface area contributed by atoms with Gasteiger partial charge in [0.05, 0.1) is 6.17 Å². The van der Waals surface area contributed by atoms with Crippen molar-refractivity contribution in [1.29, 1.82) is 0 Å². The van der Waals surface area contributed by atoms with E-state index in [1.807, 2.05) is 11.8 Å². The second kappa shape index (κ2) is 7.66. The molecule has 0 heterocycles. The van der Waals surface area contributed by atoms with Crippen molar-refractivity contribution >= 4 is 5.91 Å². The lowest BCUT2D eigenvalue weighted by Crippen LogP contribution is -2.51. The molecule has 0 rings (SSSR count). The first kappa shape index (κ1) is 15.4. The predicted molar refractivity (Wildman–Crippen MR) is 69.2 cm³/mol. The van der Waals surface area contributed by atoms with Crippen molar-refractivity contribution in [2.24, 2.45) is 5.92 Å². The van der Waals surface area contributed by atoms with Crippen LogP contribution in [-0.4, -0.2) is 29.6 Å². The largest absolute Gasteiger partial charge is 0.328 e. The number of hydrogen-bond acceptors (Lipinski definition) is 2. The Morgan fingerprint density at radius 2 is 1.81 bits per heavy atom. The van der Waals surface area contributed by atoms with Gasteiger partial charge in [0.25, 0.3) is 0 Å². The van der Waals surface area contributed by atoms with Crippen molar-refractivity contribution in [3.8, 4) is 0 Å². The van der Waals surface area contributed by atoms with Crippen LogP contribution in [0.1, 0.15) is 54.4 Å². The third kappa shape index (κ3) is 4.97. The predicted octanol–water partition coefficient (Wildman–Crippen LogP) is 2.62. The maximum Gasteiger partial charge on any atom is 0.220 e. The standard InChI is InChI=1S/C13H28N2O/c1-7-9-13(14-11(5)10(3)4)15(8-2)12(6)16/h10-11,13-14H,7-9H2,1-6H3. The lowest BCUT2D eigenvalue weighted by atomic mass is 10.1. The molecular formula is C13H28N2O. The Morgan fingerprint density at radius 3 is 2.12 bits per heavy atom. The number of amides is 1. The van der Waals surface area contributed by atoms with E-state index < -0.39 is 0 Å². The van der Waals surface area contributed by atoms with E-state index in [9.17, 15) is 4.79 Å². The van der Waals surface area contributed by atoms with Gasteiger partial charge in [0.15, 0.2) is 0 Å². The highest BCUT2D eigenvalue weighted by Crippen LogP contribution is 2.09. The summed E-state index contributed by atoms with van der Waals surface area (Å²) in [5.74, 6) is 0.745. The molecule has 0 radical (unpaired) electrons. The Bertz CT molecular complexity index is 204. The third-order valence-electron chi connectivity index (χ3n) is 3.14. The highest BCUT2D eigenvalue weighted by atomic mass is 16.2. The first-order valence-electron chi connectivity index (χ1n) is 6.47. The molecular weight excluding hydrogens is 200 g/mol. The van der Waals surface area contributed by atoms with Crippen molar-refractivity contribution in [1.82, 2.24) is 10.2 Å². The van der Waals surface area contributed by atoms with Crippen LogP contribution in [-0.2, 0) is 4.79 Å². The summed E-state index contributed by atoms with van der Waals surface area (Å²) in [5.41, 5.74) is 0. The Hall–Kier alpha value is -0.570. The van der Waals surface area contributed by atoms with Gasteiger partial charge in [0.1, 0.15) is 0 Å². The summed E-state index contributed by atoms with van der Waals surface area (Å²) < 4.78 is 0. The van der Waals surface area contributed by atoms with Crippen LogP contribution in [0.2, 0.25) is 0 Å². The fraction of sp³-hybridized carbons (Fsp3) is 0.923. The van der Waals surface area contributed by atoms with Gasteiger partial charge in [-0.25, -0.2) is 0 Å². The molecule has 0 aliphatic carbocycles. The van der Waals surface area contributed by atoms with Crippen molar-refractivity contribution in [2.45, 2.75) is 66.6 Å². The van der Waals surface area contributed by atoms with E-state index in [2.05, 4.69) is 33.0 Å². The van der Waals surface area contributed by atoms with Crippen LogP contribution >= 0.6 is 0 Å². The molecule has 0 aliphatic heterocycles. The molecule has 0 fully saturated rings. The molecule has 1 amide bonds. The summed E-state index contributed by atoms with van der Waals surface area (Å²) in [4.78, 5) is 13.4. The number of carbonyl (C=O) groups excluding carboxylic acids is 1. The van der Waals surface area contributed by atoms with Gasteiger partial charge in [0, 0.05) is 19.5 Å². The molecule has 0 aromatic carbocycles. The van der Waals surface area contributed by atoms with Crippen molar-refractivity contribution in [2.75, 3.05) is 6.54 Å². The number of nitrogens with zero attached hydrogens (tertiary/aromatic N) is 1. The van der Waals surface area contributed by atoms with E-state index in [1.165, 1.54) is 0 Å². The summed E-state index contributed by atoms with van der Waals surface area (Å²) in [7, 11) is 0. The molecule has 3 heteroatoms. The quantitative estimate of drug-likeness (QED) is 0.679. The van der Waals surface area contributed by atoms with Crippen molar-refractivity contribution < 1.29 is 4.79 Å². The van der Waals surface area contributed by atoms with E-state index in [4.69, 9.17) is 0 Å². The maximum absolute atomic E-state index is 11.5. The summed E-state index contributed by atoms with van der Waals surface area (Å²) in [6.07, 6.45) is 2.29. The Balaban J connectivity index is 4.51. The van der Waals surface area contributed by atoms with E-state index in [-0.39, 0.29) is 12.1 Å². The van der Waals surface area contributed by atoms with Crippen LogP contribution in [0.15, 0.2) is 0 Å². The van der Waals surface area contributed by atoms with Crippen LogP contribution < -0.4 is 5.32 Å². The zero-order valence-corrected chi connectivity index (χ0v) is 11.7. The number of rotatable bonds is 7. The zero-order valence-electron chi connectivity index (χ0n) is 11.7. The van der Waals surface area contributed by atoms with Gasteiger partial charge in [0.2, 0.25) is 5.91 Å². The SMILES string of the molecule is CCCC(NC(C)C(C)C)N(CC)C(C)=O. The fourth-order valence-electron chi connectivity index (χ4n) is 1.76. The highest BCUT2D eigenvalue weighted by Gasteiger charge is 2.21. The molecule has 0 spiro atoms. The minimum absolute atomic E-state index is 0.157. The van der Waals surface area contributed by atoms with Crippen LogP contribution in [0.5, 0.6) is 0 Å². The minimum atomic E-state index is 0.157. The molecule has 1 N–H and O–H groups in total. The van der Waals surface area contributed by atoms with E-state index in [1.54, 1.807) is 6.92 Å². The minimum Gasteiger partial charge on any atom is -0.328 e. The zero-order chi connectivity index (χ0) is 12.7. The number of nitrogens with one attached hydrogen (secondary N) is 1. The number of carbonyl (C=O) groups is 1. The molecule has 0 aromatic rings. The molecule has 16 heavy (non-hydrogen) atoms. The molecule has 96 valence electrons. The fourth-order valence-corrected chi connectivity index (χ4v) is 1.76. The molecule has 3 nitrogen and oxygen atoms in total. The van der Waals surface area contributed by atoms with E-state index in [0.717, 1.165) is 19.4 Å². The summed E-state index contributed by atoms with van der Waals surface area (Å²) >= 11 is 0.